The number of anilines is 2. The summed E-state index contributed by atoms with van der Waals surface area (Å²) in [6.07, 6.45) is 3.50. The molecule has 3 N–H and O–H groups in total. The first-order valence-corrected chi connectivity index (χ1v) is 14.7. The van der Waals surface area contributed by atoms with Crippen molar-refractivity contribution < 1.29 is 18.8 Å². The number of ether oxygens (including phenoxy) is 2. The van der Waals surface area contributed by atoms with E-state index in [9.17, 15) is 4.79 Å². The van der Waals surface area contributed by atoms with Gasteiger partial charge in [-0.25, -0.2) is 14.8 Å². The minimum absolute atomic E-state index is 0.266. The number of aromatic nitrogens is 5. The van der Waals surface area contributed by atoms with Crippen LogP contribution in [0, 0.1) is 13.8 Å². The molecule has 6 rings (SSSR count). The zero-order valence-electron chi connectivity index (χ0n) is 25.1. The van der Waals surface area contributed by atoms with Gasteiger partial charge in [0.1, 0.15) is 34.6 Å². The molecule has 0 fully saturated rings. The molecular weight excluding hydrogens is 578 g/mol. The Balaban J connectivity index is 1.17. The van der Waals surface area contributed by atoms with Crippen LogP contribution in [0.15, 0.2) is 65.4 Å². The summed E-state index contributed by atoms with van der Waals surface area (Å²) in [6, 6.07) is 14.4. The highest BCUT2D eigenvalue weighted by Crippen LogP contribution is 2.39. The van der Waals surface area contributed by atoms with Crippen LogP contribution in [0.3, 0.4) is 0 Å². The summed E-state index contributed by atoms with van der Waals surface area (Å²) >= 11 is 1.58. The SMILES string of the molecule is COc1ccc(-c2cc3nccc(Oc4ccc(NC(=O)Nc5[nH]c(C(C)(C)C)nc5-c5c(C)noc5C)cc4)c3s2)cn1. The van der Waals surface area contributed by atoms with Crippen molar-refractivity contribution in [2.45, 2.75) is 40.0 Å². The molecule has 6 aromatic rings. The highest BCUT2D eigenvalue weighted by atomic mass is 32.1. The highest BCUT2D eigenvalue weighted by Gasteiger charge is 2.26. The number of nitrogens with one attached hydrogen (secondary N) is 3. The number of aromatic amines is 1. The number of methoxy groups -OCH3 is 1. The van der Waals surface area contributed by atoms with Crippen LogP contribution in [0.25, 0.3) is 31.9 Å². The van der Waals surface area contributed by atoms with Crippen LogP contribution in [0.1, 0.15) is 38.0 Å². The van der Waals surface area contributed by atoms with E-state index in [1.165, 1.54) is 0 Å². The average Bonchev–Trinajstić information content (AvgIpc) is 3.71. The van der Waals surface area contributed by atoms with Crippen molar-refractivity contribution in [1.29, 1.82) is 0 Å². The van der Waals surface area contributed by atoms with E-state index >= 15 is 0 Å². The number of carbonyl (C=O) groups is 1. The van der Waals surface area contributed by atoms with Gasteiger partial charge in [0.15, 0.2) is 0 Å². The maximum absolute atomic E-state index is 13.1. The number of hydrogen-bond acceptors (Lipinski definition) is 9. The average molecular weight is 610 g/mol. The predicted molar refractivity (Wildman–Crippen MR) is 171 cm³/mol. The Bertz CT molecular complexity index is 1930. The number of fused-ring (bicyclic) bond motifs is 1. The van der Waals surface area contributed by atoms with Gasteiger partial charge in [0, 0.05) is 46.1 Å². The number of urea groups is 1. The van der Waals surface area contributed by atoms with Crippen molar-refractivity contribution in [2.24, 2.45) is 0 Å². The van der Waals surface area contributed by atoms with Crippen LogP contribution >= 0.6 is 11.3 Å². The van der Waals surface area contributed by atoms with E-state index in [2.05, 4.69) is 30.7 Å². The quantitative estimate of drug-likeness (QED) is 0.165. The minimum atomic E-state index is -0.425. The molecule has 2 amide bonds. The van der Waals surface area contributed by atoms with E-state index < -0.39 is 6.03 Å². The fourth-order valence-corrected chi connectivity index (χ4v) is 5.67. The summed E-state index contributed by atoms with van der Waals surface area (Å²) < 4.78 is 17.7. The van der Waals surface area contributed by atoms with Crippen molar-refractivity contribution in [2.75, 3.05) is 17.7 Å². The molecule has 11 nitrogen and oxygen atoms in total. The van der Waals surface area contributed by atoms with Crippen molar-refractivity contribution in [1.82, 2.24) is 25.1 Å². The number of amides is 2. The standard InChI is InChI=1S/C32H31N7O4S/c1-17-26(18(2)43-39-17)27-29(37-30(36-27)32(3,4)5)38-31(40)35-20-8-10-21(11-9-20)42-23-13-14-33-22-15-24(44-28(22)23)19-7-12-25(41-6)34-16-19/h7-16H,1-6H3,(H,36,37)(H2,35,38,40). The van der Waals surface area contributed by atoms with Crippen LogP contribution in [-0.2, 0) is 5.41 Å². The molecule has 0 aliphatic carbocycles. The molecule has 12 heteroatoms. The Labute approximate surface area is 257 Å². The van der Waals surface area contributed by atoms with Crippen molar-refractivity contribution in [3.63, 3.8) is 0 Å². The fraction of sp³-hybridized carbons (Fsp3) is 0.219. The predicted octanol–water partition coefficient (Wildman–Crippen LogP) is 8.10. The Hall–Kier alpha value is -5.23. The molecule has 0 unspecified atom stereocenters. The molecule has 1 aromatic carbocycles. The van der Waals surface area contributed by atoms with E-state index in [-0.39, 0.29) is 5.41 Å². The molecule has 0 bridgehead atoms. The summed E-state index contributed by atoms with van der Waals surface area (Å²) in [7, 11) is 1.59. The second kappa shape index (κ2) is 11.5. The van der Waals surface area contributed by atoms with Gasteiger partial charge in [-0.1, -0.05) is 25.9 Å². The first-order chi connectivity index (χ1) is 21.1. The topological polar surface area (TPSA) is 140 Å². The number of pyridine rings is 2. The Morgan fingerprint density at radius 1 is 1.02 bits per heavy atom. The zero-order valence-corrected chi connectivity index (χ0v) is 25.9. The number of H-pyrrole nitrogens is 1. The molecule has 0 spiro atoms. The van der Waals surface area contributed by atoms with E-state index in [0.29, 0.717) is 46.0 Å². The molecule has 0 atom stereocenters. The monoisotopic (exact) mass is 609 g/mol. The molecule has 0 saturated heterocycles. The zero-order chi connectivity index (χ0) is 31.0. The maximum atomic E-state index is 13.1. The largest absolute Gasteiger partial charge is 0.481 e. The normalized spacial score (nSPS) is 11.5. The molecule has 5 heterocycles. The number of nitrogens with zero attached hydrogens (tertiary/aromatic N) is 4. The second-order valence-corrected chi connectivity index (χ2v) is 12.2. The number of benzene rings is 1. The third-order valence-electron chi connectivity index (χ3n) is 6.87. The number of hydrogen-bond donors (Lipinski definition) is 3. The molecule has 44 heavy (non-hydrogen) atoms. The van der Waals surface area contributed by atoms with E-state index in [1.54, 1.807) is 55.1 Å². The summed E-state index contributed by atoms with van der Waals surface area (Å²) in [5.74, 6) is 3.68. The lowest BCUT2D eigenvalue weighted by atomic mass is 9.96. The van der Waals surface area contributed by atoms with Crippen molar-refractivity contribution >= 4 is 39.1 Å². The Morgan fingerprint density at radius 3 is 2.48 bits per heavy atom. The third-order valence-corrected chi connectivity index (χ3v) is 8.06. The summed E-state index contributed by atoms with van der Waals surface area (Å²) in [6.45, 7) is 9.80. The van der Waals surface area contributed by atoms with Gasteiger partial charge in [0.05, 0.1) is 28.6 Å². The molecular formula is C32H31N7O4S. The van der Waals surface area contributed by atoms with Crippen LogP contribution < -0.4 is 20.1 Å². The molecule has 0 aliphatic heterocycles. The number of imidazole rings is 1. The van der Waals surface area contributed by atoms with Crippen LogP contribution in [0.4, 0.5) is 16.3 Å². The lowest BCUT2D eigenvalue weighted by molar-refractivity contribution is 0.262. The molecule has 0 aliphatic rings. The Morgan fingerprint density at radius 2 is 1.82 bits per heavy atom. The Kier molecular flexibility index (Phi) is 7.52. The van der Waals surface area contributed by atoms with Gasteiger partial charge in [-0.05, 0) is 50.2 Å². The van der Waals surface area contributed by atoms with E-state index in [4.69, 9.17) is 19.0 Å². The van der Waals surface area contributed by atoms with Gasteiger partial charge in [-0.15, -0.1) is 11.3 Å². The number of carbonyl (C=O) groups excluding carboxylic acids is 1. The summed E-state index contributed by atoms with van der Waals surface area (Å²) in [4.78, 5) is 30.9. The fourth-order valence-electron chi connectivity index (χ4n) is 4.61. The van der Waals surface area contributed by atoms with Gasteiger partial charge in [0.2, 0.25) is 5.88 Å². The van der Waals surface area contributed by atoms with Gasteiger partial charge in [-0.3, -0.25) is 10.3 Å². The van der Waals surface area contributed by atoms with Gasteiger partial charge in [-0.2, -0.15) is 0 Å². The number of rotatable bonds is 7. The van der Waals surface area contributed by atoms with E-state index in [0.717, 1.165) is 32.0 Å². The number of aryl methyl sites for hydroxylation is 2. The van der Waals surface area contributed by atoms with Crippen molar-refractivity contribution in [3.05, 3.63) is 78.2 Å². The van der Waals surface area contributed by atoms with Gasteiger partial charge >= 0.3 is 6.03 Å². The molecule has 0 saturated carbocycles. The first kappa shape index (κ1) is 28.9. The lowest BCUT2D eigenvalue weighted by Gasteiger charge is -2.14. The summed E-state index contributed by atoms with van der Waals surface area (Å²) in [5, 5.41) is 9.83. The van der Waals surface area contributed by atoms with Crippen LogP contribution in [0.2, 0.25) is 0 Å². The summed E-state index contributed by atoms with van der Waals surface area (Å²) in [5.41, 5.74) is 4.14. The lowest BCUT2D eigenvalue weighted by Crippen LogP contribution is -2.20. The van der Waals surface area contributed by atoms with Gasteiger partial charge in [0.25, 0.3) is 0 Å². The highest BCUT2D eigenvalue weighted by molar-refractivity contribution is 7.22. The van der Waals surface area contributed by atoms with Crippen LogP contribution in [0.5, 0.6) is 17.4 Å². The van der Waals surface area contributed by atoms with Crippen molar-refractivity contribution in [3.8, 4) is 39.1 Å². The smallest absolute Gasteiger partial charge is 0.324 e. The number of thiophene rings is 1. The van der Waals surface area contributed by atoms with Crippen LogP contribution in [-0.4, -0.2) is 38.2 Å². The molecule has 5 aromatic heterocycles. The molecule has 224 valence electrons. The minimum Gasteiger partial charge on any atom is -0.481 e. The van der Waals surface area contributed by atoms with E-state index in [1.807, 2.05) is 58.9 Å². The maximum Gasteiger partial charge on any atom is 0.324 e. The third kappa shape index (κ3) is 5.84. The first-order valence-electron chi connectivity index (χ1n) is 13.9. The second-order valence-electron chi connectivity index (χ2n) is 11.2. The molecule has 0 radical (unpaired) electrons. The van der Waals surface area contributed by atoms with Gasteiger partial charge < -0.3 is 24.3 Å².